The highest BCUT2D eigenvalue weighted by molar-refractivity contribution is 8.01. The van der Waals surface area contributed by atoms with E-state index in [2.05, 4.69) is 4.98 Å². The molecule has 4 nitrogen and oxygen atoms in total. The monoisotopic (exact) mass is 323 g/mol. The maximum atomic E-state index is 11.8. The minimum Gasteiger partial charge on any atom is -0.308 e. The number of hydrogen-bond donors (Lipinski definition) is 1. The molecule has 1 N–H and O–H groups in total. The minimum atomic E-state index is -0.952. The van der Waals surface area contributed by atoms with Crippen molar-refractivity contribution in [3.63, 3.8) is 0 Å². The van der Waals surface area contributed by atoms with Gasteiger partial charge in [0.15, 0.2) is 10.1 Å². The minimum absolute atomic E-state index is 0.0779. The van der Waals surface area contributed by atoms with Gasteiger partial charge in [-0.25, -0.2) is 4.98 Å². The highest BCUT2D eigenvalue weighted by Crippen LogP contribution is 2.31. The molecule has 0 fully saturated rings. The summed E-state index contributed by atoms with van der Waals surface area (Å²) in [5, 5.41) is 16.9. The summed E-state index contributed by atoms with van der Waals surface area (Å²) in [7, 11) is 0. The van der Waals surface area contributed by atoms with Crippen molar-refractivity contribution in [2.75, 3.05) is 5.75 Å². The van der Waals surface area contributed by atoms with Gasteiger partial charge in [0.1, 0.15) is 5.92 Å². The highest BCUT2D eigenvalue weighted by atomic mass is 35.5. The van der Waals surface area contributed by atoms with Crippen molar-refractivity contribution in [2.45, 2.75) is 11.3 Å². The summed E-state index contributed by atoms with van der Waals surface area (Å²) in [6.07, 6.45) is 0. The molecule has 0 aliphatic rings. The Kier molecular flexibility index (Phi) is 4.76. The van der Waals surface area contributed by atoms with Crippen LogP contribution in [0.15, 0.2) is 22.5 Å². The first kappa shape index (κ1) is 15.0. The number of thiazole rings is 1. The fourth-order valence-corrected chi connectivity index (χ4v) is 3.69. The maximum Gasteiger partial charge on any atom is 0.165 e. The molecule has 0 saturated heterocycles. The average Bonchev–Trinajstić information content (AvgIpc) is 2.78. The molecular weight excluding hydrogens is 314 g/mol. The van der Waals surface area contributed by atoms with Crippen LogP contribution in [0.2, 0.25) is 5.02 Å². The van der Waals surface area contributed by atoms with Crippen molar-refractivity contribution in [2.24, 2.45) is 5.92 Å². The summed E-state index contributed by atoms with van der Waals surface area (Å²) in [6, 6.07) is 7.31. The van der Waals surface area contributed by atoms with Gasteiger partial charge in [-0.1, -0.05) is 23.4 Å². The number of nitriles is 1. The van der Waals surface area contributed by atoms with Gasteiger partial charge < -0.3 is 5.41 Å². The molecule has 0 bridgehead atoms. The number of benzene rings is 1. The van der Waals surface area contributed by atoms with E-state index in [0.717, 1.165) is 14.6 Å². The zero-order valence-electron chi connectivity index (χ0n) is 10.5. The van der Waals surface area contributed by atoms with Crippen molar-refractivity contribution in [3.05, 3.63) is 23.2 Å². The lowest BCUT2D eigenvalue weighted by molar-refractivity contribution is -0.117. The topological polar surface area (TPSA) is 77.6 Å². The van der Waals surface area contributed by atoms with Gasteiger partial charge in [0.25, 0.3) is 0 Å². The Balaban J connectivity index is 2.08. The number of rotatable bonds is 5. The number of hydrogen-bond acceptors (Lipinski definition) is 6. The molecule has 102 valence electrons. The fraction of sp³-hybridized carbons (Fsp3) is 0.231. The van der Waals surface area contributed by atoms with Gasteiger partial charge in [0, 0.05) is 10.7 Å². The van der Waals surface area contributed by atoms with Crippen molar-refractivity contribution in [1.82, 2.24) is 4.98 Å². The molecule has 1 unspecified atom stereocenters. The standard InChI is InChI=1S/C13H10ClN3OS2/c1-7(16)9(5-15)11(18)6-19-13-17-10-4-8(14)2-3-12(10)20-13/h2-4,9,16H,6H2,1H3. The molecular formula is C13H10ClN3OS2. The predicted molar refractivity (Wildman–Crippen MR) is 82.9 cm³/mol. The number of aromatic nitrogens is 1. The Hall–Kier alpha value is -1.42. The van der Waals surface area contributed by atoms with E-state index in [1.807, 2.05) is 12.1 Å². The molecule has 0 saturated carbocycles. The zero-order valence-corrected chi connectivity index (χ0v) is 12.9. The number of nitrogens with one attached hydrogen (secondary N) is 1. The first-order chi connectivity index (χ1) is 9.51. The van der Waals surface area contributed by atoms with E-state index in [1.165, 1.54) is 30.0 Å². The van der Waals surface area contributed by atoms with E-state index < -0.39 is 5.92 Å². The van der Waals surface area contributed by atoms with Crippen LogP contribution in [0.25, 0.3) is 10.2 Å². The number of thioether (sulfide) groups is 1. The Morgan fingerprint density at radius 2 is 2.40 bits per heavy atom. The second kappa shape index (κ2) is 6.35. The molecule has 20 heavy (non-hydrogen) atoms. The van der Waals surface area contributed by atoms with Crippen LogP contribution in [0, 0.1) is 22.7 Å². The summed E-state index contributed by atoms with van der Waals surface area (Å²) in [5.41, 5.74) is 0.881. The molecule has 2 aromatic rings. The largest absolute Gasteiger partial charge is 0.308 e. The van der Waals surface area contributed by atoms with E-state index in [4.69, 9.17) is 22.3 Å². The van der Waals surface area contributed by atoms with Gasteiger partial charge in [0.2, 0.25) is 0 Å². The van der Waals surface area contributed by atoms with E-state index in [9.17, 15) is 4.79 Å². The summed E-state index contributed by atoms with van der Waals surface area (Å²) >= 11 is 8.66. The van der Waals surface area contributed by atoms with Crippen LogP contribution >= 0.6 is 34.7 Å². The van der Waals surface area contributed by atoms with Crippen LogP contribution in [0.5, 0.6) is 0 Å². The van der Waals surface area contributed by atoms with E-state index in [0.29, 0.717) is 5.02 Å². The van der Waals surface area contributed by atoms with Gasteiger partial charge >= 0.3 is 0 Å². The van der Waals surface area contributed by atoms with Crippen LogP contribution in [0.4, 0.5) is 0 Å². The molecule has 1 atom stereocenters. The molecule has 0 spiro atoms. The number of fused-ring (bicyclic) bond motifs is 1. The second-order valence-corrected chi connectivity index (χ2v) is 6.78. The number of carbonyl (C=O) groups excluding carboxylic acids is 1. The quantitative estimate of drug-likeness (QED) is 0.670. The fourth-order valence-electron chi connectivity index (χ4n) is 1.57. The van der Waals surface area contributed by atoms with Crippen LogP contribution in [-0.4, -0.2) is 22.2 Å². The number of halogens is 1. The first-order valence-electron chi connectivity index (χ1n) is 5.67. The van der Waals surface area contributed by atoms with Gasteiger partial charge in [-0.15, -0.1) is 11.3 Å². The Labute approximate surface area is 129 Å². The lowest BCUT2D eigenvalue weighted by Crippen LogP contribution is -2.21. The number of Topliss-reactive ketones (excluding diaryl/α,β-unsaturated/α-hetero) is 1. The van der Waals surface area contributed by atoms with Gasteiger partial charge in [0.05, 0.1) is 22.0 Å². The third-order valence-corrected chi connectivity index (χ3v) is 4.99. The van der Waals surface area contributed by atoms with Crippen LogP contribution < -0.4 is 0 Å². The molecule has 0 amide bonds. The molecule has 1 aromatic heterocycles. The van der Waals surface area contributed by atoms with Crippen LogP contribution in [0.1, 0.15) is 6.92 Å². The summed E-state index contributed by atoms with van der Waals surface area (Å²) in [5.74, 6) is -1.07. The van der Waals surface area contributed by atoms with Gasteiger partial charge in [-0.2, -0.15) is 5.26 Å². The van der Waals surface area contributed by atoms with Gasteiger partial charge in [-0.05, 0) is 25.1 Å². The molecule has 0 radical (unpaired) electrons. The first-order valence-corrected chi connectivity index (χ1v) is 7.85. The molecule has 7 heteroatoms. The molecule has 2 rings (SSSR count). The Morgan fingerprint density at radius 3 is 3.05 bits per heavy atom. The Bertz CT molecular complexity index is 720. The molecule has 1 aromatic carbocycles. The van der Waals surface area contributed by atoms with Crippen LogP contribution in [-0.2, 0) is 4.79 Å². The van der Waals surface area contributed by atoms with Crippen molar-refractivity contribution in [1.29, 1.82) is 10.7 Å². The third-order valence-electron chi connectivity index (χ3n) is 2.55. The lowest BCUT2D eigenvalue weighted by atomic mass is 10.0. The van der Waals surface area contributed by atoms with Crippen LogP contribution in [0.3, 0.4) is 0 Å². The summed E-state index contributed by atoms with van der Waals surface area (Å²) < 4.78 is 1.76. The molecule has 1 heterocycles. The van der Waals surface area contributed by atoms with E-state index >= 15 is 0 Å². The smallest absolute Gasteiger partial charge is 0.165 e. The second-order valence-electron chi connectivity index (χ2n) is 4.09. The molecule has 0 aliphatic heterocycles. The Morgan fingerprint density at radius 1 is 1.65 bits per heavy atom. The third kappa shape index (κ3) is 3.37. The summed E-state index contributed by atoms with van der Waals surface area (Å²) in [4.78, 5) is 16.2. The van der Waals surface area contributed by atoms with E-state index in [-0.39, 0.29) is 17.2 Å². The SMILES string of the molecule is CC(=N)C(C#N)C(=O)CSc1nc2cc(Cl)ccc2s1. The zero-order chi connectivity index (χ0) is 14.7. The van der Waals surface area contributed by atoms with Crippen molar-refractivity contribution < 1.29 is 4.79 Å². The summed E-state index contributed by atoms with van der Waals surface area (Å²) in [6.45, 7) is 1.47. The predicted octanol–water partition coefficient (Wildman–Crippen LogP) is 3.79. The average molecular weight is 324 g/mol. The number of ketones is 1. The lowest BCUT2D eigenvalue weighted by Gasteiger charge is -2.04. The maximum absolute atomic E-state index is 11.8. The van der Waals surface area contributed by atoms with Crippen molar-refractivity contribution >= 4 is 56.4 Å². The molecule has 0 aliphatic carbocycles. The van der Waals surface area contributed by atoms with Gasteiger partial charge in [-0.3, -0.25) is 4.79 Å². The normalized spacial score (nSPS) is 12.1. The number of nitrogens with zero attached hydrogens (tertiary/aromatic N) is 2. The van der Waals surface area contributed by atoms with E-state index in [1.54, 1.807) is 12.1 Å². The van der Waals surface area contributed by atoms with Crippen molar-refractivity contribution in [3.8, 4) is 6.07 Å². The highest BCUT2D eigenvalue weighted by Gasteiger charge is 2.20. The number of carbonyl (C=O) groups is 1.